The molecule has 1 aliphatic carbocycles. The zero-order chi connectivity index (χ0) is 24.0. The fourth-order valence-electron chi connectivity index (χ4n) is 4.30. The van der Waals surface area contributed by atoms with Crippen LogP contribution in [0.4, 0.5) is 11.4 Å². The number of hydrogen-bond donors (Lipinski definition) is 5. The Morgan fingerprint density at radius 1 is 1.00 bits per heavy atom. The molecule has 2 unspecified atom stereocenters. The van der Waals surface area contributed by atoms with Crippen molar-refractivity contribution in [1.29, 1.82) is 0 Å². The second-order valence-corrected chi connectivity index (χ2v) is 8.73. The number of carbonyl (C=O) groups is 2. The first-order chi connectivity index (χ1) is 16.5. The molecule has 0 radical (unpaired) electrons. The van der Waals surface area contributed by atoms with Gasteiger partial charge in [-0.25, -0.2) is 0 Å². The van der Waals surface area contributed by atoms with E-state index >= 15 is 0 Å². The highest BCUT2D eigenvalue weighted by Gasteiger charge is 2.45. The van der Waals surface area contributed by atoms with Crippen LogP contribution in [0.15, 0.2) is 84.1 Å². The van der Waals surface area contributed by atoms with Crippen molar-refractivity contribution in [2.24, 2.45) is 5.92 Å². The van der Waals surface area contributed by atoms with E-state index in [1.807, 2.05) is 79.7 Å². The van der Waals surface area contributed by atoms with Gasteiger partial charge in [-0.3, -0.25) is 14.9 Å². The van der Waals surface area contributed by atoms with Crippen molar-refractivity contribution in [3.8, 4) is 0 Å². The Bertz CT molecular complexity index is 1120. The minimum Gasteiger partial charge on any atom is -0.371 e. The minimum absolute atomic E-state index is 0.297. The normalized spacial score (nSPS) is 21.0. The van der Waals surface area contributed by atoms with E-state index in [0.29, 0.717) is 23.7 Å². The van der Waals surface area contributed by atoms with Crippen LogP contribution in [-0.2, 0) is 9.59 Å². The molecule has 8 heteroatoms. The molecule has 2 atom stereocenters. The molecule has 0 saturated carbocycles. The van der Waals surface area contributed by atoms with Gasteiger partial charge in [-0.15, -0.1) is 0 Å². The van der Waals surface area contributed by atoms with Crippen molar-refractivity contribution < 1.29 is 9.59 Å². The first kappa shape index (κ1) is 23.5. The molecule has 0 spiro atoms. The Morgan fingerprint density at radius 2 is 1.68 bits per heavy atom. The summed E-state index contributed by atoms with van der Waals surface area (Å²) in [6.07, 6.45) is 5.21. The highest BCUT2D eigenvalue weighted by molar-refractivity contribution is 7.80. The number of rotatable bonds is 9. The Hall–Kier alpha value is -3.65. The predicted octanol–water partition coefficient (Wildman–Crippen LogP) is 3.31. The van der Waals surface area contributed by atoms with Gasteiger partial charge in [-0.2, -0.15) is 0 Å². The Morgan fingerprint density at radius 3 is 2.35 bits per heavy atom. The number of hydrogen-bond acceptors (Lipinski definition) is 5. The second-order valence-electron chi connectivity index (χ2n) is 8.32. The molecule has 4 rings (SSSR count). The topological polar surface area (TPSA) is 94.3 Å². The monoisotopic (exact) mass is 475 g/mol. The standard InChI is InChI=1S/C26H29N5O2S/c1-2-27-25(34)28-15-9-14-26(31-19-12-7-4-8-13-19)17-21-20(23(32)30-24(21)33)16-22(26)29-18-10-5-3-6-11-18/h3-8,10-13,16-17,20,29,31H,2,9,14-15H2,1H3,(H2,27,28,34)(H,30,32,33). The molecule has 176 valence electrons. The molecule has 1 fully saturated rings. The number of imide groups is 1. The molecule has 2 aliphatic rings. The molecule has 2 amide bonds. The maximum absolute atomic E-state index is 12.6. The van der Waals surface area contributed by atoms with E-state index < -0.39 is 11.5 Å². The maximum Gasteiger partial charge on any atom is 0.254 e. The average Bonchev–Trinajstić information content (AvgIpc) is 3.10. The number of carbonyl (C=O) groups excluding carboxylic acids is 2. The summed E-state index contributed by atoms with van der Waals surface area (Å²) < 4.78 is 0. The molecule has 7 nitrogen and oxygen atoms in total. The highest BCUT2D eigenvalue weighted by atomic mass is 32.1. The summed E-state index contributed by atoms with van der Waals surface area (Å²) in [5.74, 6) is -1.24. The van der Waals surface area contributed by atoms with Gasteiger partial charge >= 0.3 is 0 Å². The van der Waals surface area contributed by atoms with Crippen LogP contribution in [-0.4, -0.2) is 35.6 Å². The fraction of sp³-hybridized carbons (Fsp3) is 0.269. The van der Waals surface area contributed by atoms with Crippen LogP contribution in [0.3, 0.4) is 0 Å². The van der Waals surface area contributed by atoms with Crippen molar-refractivity contribution in [1.82, 2.24) is 16.0 Å². The lowest BCUT2D eigenvalue weighted by atomic mass is 9.78. The van der Waals surface area contributed by atoms with Gasteiger partial charge < -0.3 is 21.3 Å². The summed E-state index contributed by atoms with van der Waals surface area (Å²) in [4.78, 5) is 25.1. The largest absolute Gasteiger partial charge is 0.371 e. The number of thiocarbonyl (C=S) groups is 1. The summed E-state index contributed by atoms with van der Waals surface area (Å²) >= 11 is 5.29. The number of fused-ring (bicyclic) bond motifs is 1. The van der Waals surface area contributed by atoms with Crippen LogP contribution in [0.5, 0.6) is 0 Å². The van der Waals surface area contributed by atoms with Crippen molar-refractivity contribution in [2.45, 2.75) is 25.3 Å². The van der Waals surface area contributed by atoms with Crippen molar-refractivity contribution in [3.05, 3.63) is 84.1 Å². The van der Waals surface area contributed by atoms with Gasteiger partial charge in [0, 0.05) is 35.7 Å². The van der Waals surface area contributed by atoms with E-state index in [0.717, 1.165) is 30.0 Å². The zero-order valence-corrected chi connectivity index (χ0v) is 19.9. The Balaban J connectivity index is 1.68. The van der Waals surface area contributed by atoms with Crippen LogP contribution in [0, 0.1) is 5.92 Å². The number of anilines is 2. The number of nitrogens with one attached hydrogen (secondary N) is 5. The number of amides is 2. The number of benzene rings is 2. The zero-order valence-electron chi connectivity index (χ0n) is 19.1. The van der Waals surface area contributed by atoms with Crippen molar-refractivity contribution in [3.63, 3.8) is 0 Å². The molecular weight excluding hydrogens is 446 g/mol. The highest BCUT2D eigenvalue weighted by Crippen LogP contribution is 2.39. The summed E-state index contributed by atoms with van der Waals surface area (Å²) in [6, 6.07) is 19.7. The lowest BCUT2D eigenvalue weighted by molar-refractivity contribution is -0.125. The van der Waals surface area contributed by atoms with E-state index in [4.69, 9.17) is 12.2 Å². The summed E-state index contributed by atoms with van der Waals surface area (Å²) in [6.45, 7) is 3.42. The smallest absolute Gasteiger partial charge is 0.254 e. The van der Waals surface area contributed by atoms with Crippen LogP contribution in [0.25, 0.3) is 0 Å². The van der Waals surface area contributed by atoms with Gasteiger partial charge in [0.05, 0.1) is 11.5 Å². The van der Waals surface area contributed by atoms with Gasteiger partial charge in [0.2, 0.25) is 5.91 Å². The summed E-state index contributed by atoms with van der Waals surface area (Å²) in [5, 5.41) is 16.6. The molecular formula is C26H29N5O2S. The first-order valence-corrected chi connectivity index (χ1v) is 11.9. The minimum atomic E-state index is -0.730. The van der Waals surface area contributed by atoms with Crippen LogP contribution in [0.2, 0.25) is 0 Å². The second kappa shape index (κ2) is 10.5. The lowest BCUT2D eigenvalue weighted by Gasteiger charge is -2.39. The Kier molecular flexibility index (Phi) is 7.27. The third-order valence-electron chi connectivity index (χ3n) is 5.90. The molecule has 1 aliphatic heterocycles. The predicted molar refractivity (Wildman–Crippen MR) is 139 cm³/mol. The van der Waals surface area contributed by atoms with Crippen LogP contribution >= 0.6 is 12.2 Å². The van der Waals surface area contributed by atoms with Gasteiger partial charge in [0.1, 0.15) is 0 Å². The van der Waals surface area contributed by atoms with Gasteiger partial charge in [0.25, 0.3) is 5.91 Å². The molecule has 34 heavy (non-hydrogen) atoms. The van der Waals surface area contributed by atoms with Gasteiger partial charge in [-0.1, -0.05) is 36.4 Å². The summed E-state index contributed by atoms with van der Waals surface area (Å²) in [7, 11) is 0. The SMILES string of the molecule is CCNC(=S)NCCCC1(Nc2ccccc2)C=C2C(=O)NC(=O)C2C=C1Nc1ccccc1. The van der Waals surface area contributed by atoms with E-state index in [2.05, 4.69) is 26.6 Å². The summed E-state index contributed by atoms with van der Waals surface area (Å²) in [5.41, 5.74) is 2.39. The molecule has 5 N–H and O–H groups in total. The third kappa shape index (κ3) is 5.28. The van der Waals surface area contributed by atoms with Gasteiger partial charge in [-0.05, 0) is 68.4 Å². The van der Waals surface area contributed by atoms with E-state index in [-0.39, 0.29) is 11.8 Å². The molecule has 1 heterocycles. The average molecular weight is 476 g/mol. The molecule has 2 aromatic carbocycles. The van der Waals surface area contributed by atoms with Crippen molar-refractivity contribution in [2.75, 3.05) is 23.7 Å². The van der Waals surface area contributed by atoms with E-state index in [9.17, 15) is 9.59 Å². The lowest BCUT2D eigenvalue weighted by Crippen LogP contribution is -2.45. The maximum atomic E-state index is 12.6. The van der Waals surface area contributed by atoms with E-state index in [1.54, 1.807) is 0 Å². The Labute approximate surface area is 205 Å². The van der Waals surface area contributed by atoms with Gasteiger partial charge in [0.15, 0.2) is 5.11 Å². The van der Waals surface area contributed by atoms with Crippen molar-refractivity contribution >= 4 is 40.5 Å². The molecule has 0 bridgehead atoms. The van der Waals surface area contributed by atoms with E-state index in [1.165, 1.54) is 0 Å². The quantitative estimate of drug-likeness (QED) is 0.216. The first-order valence-electron chi connectivity index (χ1n) is 11.5. The fourth-order valence-corrected chi connectivity index (χ4v) is 4.54. The molecule has 1 saturated heterocycles. The molecule has 2 aromatic rings. The number of para-hydroxylation sites is 2. The van der Waals surface area contributed by atoms with Crippen LogP contribution in [0.1, 0.15) is 19.8 Å². The third-order valence-corrected chi connectivity index (χ3v) is 6.19. The van der Waals surface area contributed by atoms with Crippen LogP contribution < -0.4 is 26.6 Å². The molecule has 0 aromatic heterocycles.